The second-order valence-corrected chi connectivity index (χ2v) is 2.82. The molecule has 0 heterocycles. The molecule has 0 saturated heterocycles. The fourth-order valence-corrected chi connectivity index (χ4v) is 1.21. The second-order valence-electron chi connectivity index (χ2n) is 2.41. The van der Waals surface area contributed by atoms with Gasteiger partial charge in [-0.05, 0) is 6.07 Å². The quantitative estimate of drug-likeness (QED) is 0.742. The first kappa shape index (κ1) is 10.2. The SMILES string of the molecule is COc1cc(F)c(CNO)cc1Cl. The molecule has 0 radical (unpaired) electrons. The Morgan fingerprint density at radius 2 is 2.31 bits per heavy atom. The van der Waals surface area contributed by atoms with E-state index in [1.54, 1.807) is 0 Å². The number of rotatable bonds is 3. The molecule has 3 nitrogen and oxygen atoms in total. The predicted octanol–water partition coefficient (Wildman–Crippen LogP) is 1.97. The van der Waals surface area contributed by atoms with Gasteiger partial charge in [0.15, 0.2) is 0 Å². The summed E-state index contributed by atoms with van der Waals surface area (Å²) in [6.45, 7) is 0.00947. The Kier molecular flexibility index (Phi) is 3.48. The largest absolute Gasteiger partial charge is 0.495 e. The monoisotopic (exact) mass is 205 g/mol. The molecule has 0 unspecified atom stereocenters. The fourth-order valence-electron chi connectivity index (χ4n) is 0.947. The normalized spacial score (nSPS) is 10.2. The van der Waals surface area contributed by atoms with Crippen molar-refractivity contribution in [1.29, 1.82) is 0 Å². The number of benzene rings is 1. The molecule has 0 saturated carbocycles. The van der Waals surface area contributed by atoms with Gasteiger partial charge in [0.25, 0.3) is 0 Å². The molecule has 0 spiro atoms. The van der Waals surface area contributed by atoms with E-state index in [0.29, 0.717) is 5.02 Å². The van der Waals surface area contributed by atoms with Crippen LogP contribution in [0.3, 0.4) is 0 Å². The third-order valence-corrected chi connectivity index (χ3v) is 1.89. The van der Waals surface area contributed by atoms with E-state index in [2.05, 4.69) is 0 Å². The molecule has 1 aromatic rings. The van der Waals surface area contributed by atoms with Gasteiger partial charge in [-0.25, -0.2) is 9.87 Å². The first-order valence-corrected chi connectivity index (χ1v) is 3.95. The van der Waals surface area contributed by atoms with E-state index in [0.717, 1.165) is 0 Å². The highest BCUT2D eigenvalue weighted by Gasteiger charge is 2.08. The molecule has 0 aliphatic heterocycles. The summed E-state index contributed by atoms with van der Waals surface area (Å²) in [6.07, 6.45) is 0. The van der Waals surface area contributed by atoms with Crippen LogP contribution in [-0.2, 0) is 6.54 Å². The van der Waals surface area contributed by atoms with E-state index in [4.69, 9.17) is 21.5 Å². The average molecular weight is 206 g/mol. The van der Waals surface area contributed by atoms with E-state index >= 15 is 0 Å². The summed E-state index contributed by atoms with van der Waals surface area (Å²) in [5.74, 6) is -0.191. The molecule has 0 amide bonds. The lowest BCUT2D eigenvalue weighted by molar-refractivity contribution is 0.160. The Bertz CT molecular complexity index is 306. The Balaban J connectivity index is 3.05. The first-order valence-electron chi connectivity index (χ1n) is 3.58. The van der Waals surface area contributed by atoms with Crippen LogP contribution in [0.4, 0.5) is 4.39 Å². The van der Waals surface area contributed by atoms with Crippen LogP contribution in [0.2, 0.25) is 5.02 Å². The number of halogens is 2. The van der Waals surface area contributed by atoms with Crippen LogP contribution in [0.1, 0.15) is 5.56 Å². The topological polar surface area (TPSA) is 41.5 Å². The molecule has 0 aromatic heterocycles. The average Bonchev–Trinajstić information content (AvgIpc) is 2.11. The highest BCUT2D eigenvalue weighted by atomic mass is 35.5. The first-order chi connectivity index (χ1) is 6.19. The summed E-state index contributed by atoms with van der Waals surface area (Å²) >= 11 is 5.74. The van der Waals surface area contributed by atoms with Gasteiger partial charge in [0, 0.05) is 18.2 Å². The van der Waals surface area contributed by atoms with Crippen LogP contribution < -0.4 is 10.2 Å². The van der Waals surface area contributed by atoms with Crippen molar-refractivity contribution in [1.82, 2.24) is 5.48 Å². The summed E-state index contributed by atoms with van der Waals surface area (Å²) in [7, 11) is 1.41. The van der Waals surface area contributed by atoms with Crippen molar-refractivity contribution in [3.05, 3.63) is 28.5 Å². The Hall–Kier alpha value is -0.840. The number of methoxy groups -OCH3 is 1. The standard InChI is InChI=1S/C8H9ClFNO2/c1-13-8-3-7(10)5(4-11-12)2-6(8)9/h2-3,11-12H,4H2,1H3. The van der Waals surface area contributed by atoms with Crippen LogP contribution in [-0.4, -0.2) is 12.3 Å². The van der Waals surface area contributed by atoms with Gasteiger partial charge in [-0.1, -0.05) is 11.6 Å². The third kappa shape index (κ3) is 2.30. The molecule has 13 heavy (non-hydrogen) atoms. The van der Waals surface area contributed by atoms with Crippen LogP contribution in [0, 0.1) is 5.82 Å². The lowest BCUT2D eigenvalue weighted by Crippen LogP contribution is -2.08. The van der Waals surface area contributed by atoms with Crippen LogP contribution >= 0.6 is 11.6 Å². The predicted molar refractivity (Wildman–Crippen MR) is 46.6 cm³/mol. The summed E-state index contributed by atoms with van der Waals surface area (Å²) in [6, 6.07) is 2.58. The molecule has 72 valence electrons. The van der Waals surface area contributed by atoms with Crippen molar-refractivity contribution in [2.24, 2.45) is 0 Å². The third-order valence-electron chi connectivity index (χ3n) is 1.59. The maximum atomic E-state index is 13.1. The van der Waals surface area contributed by atoms with Crippen molar-refractivity contribution >= 4 is 11.6 Å². The van der Waals surface area contributed by atoms with E-state index in [-0.39, 0.29) is 17.9 Å². The van der Waals surface area contributed by atoms with E-state index in [9.17, 15) is 4.39 Å². The van der Waals surface area contributed by atoms with Gasteiger partial charge in [0.05, 0.1) is 12.1 Å². The molecule has 2 N–H and O–H groups in total. The number of hydrogen-bond acceptors (Lipinski definition) is 3. The molecular weight excluding hydrogens is 197 g/mol. The summed E-state index contributed by atoms with van der Waals surface area (Å²) in [5, 5.41) is 8.68. The summed E-state index contributed by atoms with van der Waals surface area (Å²) in [4.78, 5) is 0. The lowest BCUT2D eigenvalue weighted by Gasteiger charge is -2.06. The molecule has 1 rings (SSSR count). The molecule has 0 aliphatic rings. The number of hydroxylamine groups is 1. The minimum Gasteiger partial charge on any atom is -0.495 e. The molecule has 0 fully saturated rings. The van der Waals surface area contributed by atoms with Crippen molar-refractivity contribution in [2.75, 3.05) is 7.11 Å². The minimum atomic E-state index is -0.470. The number of ether oxygens (including phenoxy) is 1. The van der Waals surface area contributed by atoms with Gasteiger partial charge in [-0.2, -0.15) is 0 Å². The molecular formula is C8H9ClFNO2. The van der Waals surface area contributed by atoms with Crippen LogP contribution in [0.25, 0.3) is 0 Å². The van der Waals surface area contributed by atoms with Gasteiger partial charge in [0.1, 0.15) is 11.6 Å². The Morgan fingerprint density at radius 1 is 1.62 bits per heavy atom. The summed E-state index contributed by atoms with van der Waals surface area (Å²) < 4.78 is 17.9. The lowest BCUT2D eigenvalue weighted by atomic mass is 10.2. The smallest absolute Gasteiger partial charge is 0.140 e. The van der Waals surface area contributed by atoms with Gasteiger partial charge in [0.2, 0.25) is 0 Å². The molecule has 1 aromatic carbocycles. The number of nitrogens with one attached hydrogen (secondary N) is 1. The maximum Gasteiger partial charge on any atom is 0.140 e. The Morgan fingerprint density at radius 3 is 2.85 bits per heavy atom. The Labute approximate surface area is 80.0 Å². The molecule has 0 atom stereocenters. The van der Waals surface area contributed by atoms with Crippen molar-refractivity contribution in [3.8, 4) is 5.75 Å². The second kappa shape index (κ2) is 4.41. The van der Waals surface area contributed by atoms with Crippen LogP contribution in [0.5, 0.6) is 5.75 Å². The van der Waals surface area contributed by atoms with E-state index in [1.807, 2.05) is 5.48 Å². The van der Waals surface area contributed by atoms with Gasteiger partial charge in [-0.15, -0.1) is 0 Å². The molecule has 0 aliphatic carbocycles. The van der Waals surface area contributed by atoms with Gasteiger partial charge < -0.3 is 9.94 Å². The van der Waals surface area contributed by atoms with Gasteiger partial charge in [-0.3, -0.25) is 0 Å². The van der Waals surface area contributed by atoms with Crippen molar-refractivity contribution in [2.45, 2.75) is 6.54 Å². The molecule has 0 bridgehead atoms. The van der Waals surface area contributed by atoms with E-state index < -0.39 is 5.82 Å². The summed E-state index contributed by atoms with van der Waals surface area (Å²) in [5.41, 5.74) is 2.14. The van der Waals surface area contributed by atoms with Gasteiger partial charge >= 0.3 is 0 Å². The van der Waals surface area contributed by atoms with E-state index in [1.165, 1.54) is 19.2 Å². The van der Waals surface area contributed by atoms with Crippen LogP contribution in [0.15, 0.2) is 12.1 Å². The zero-order chi connectivity index (χ0) is 9.84. The highest BCUT2D eigenvalue weighted by Crippen LogP contribution is 2.27. The van der Waals surface area contributed by atoms with Crippen molar-refractivity contribution < 1.29 is 14.3 Å². The maximum absolute atomic E-state index is 13.1. The van der Waals surface area contributed by atoms with Crippen molar-refractivity contribution in [3.63, 3.8) is 0 Å². The highest BCUT2D eigenvalue weighted by molar-refractivity contribution is 6.32. The molecule has 5 heteroatoms. The fraction of sp³-hybridized carbons (Fsp3) is 0.250. The zero-order valence-electron chi connectivity index (χ0n) is 6.97. The number of hydrogen-bond donors (Lipinski definition) is 2. The minimum absolute atomic E-state index is 0.00947. The zero-order valence-corrected chi connectivity index (χ0v) is 7.73.